The molecule has 1 fully saturated rings. The smallest absolute Gasteiger partial charge is 0.133 e. The van der Waals surface area contributed by atoms with Crippen LogP contribution < -0.4 is 0 Å². The molecule has 0 unspecified atom stereocenters. The van der Waals surface area contributed by atoms with E-state index < -0.39 is 0 Å². The van der Waals surface area contributed by atoms with Crippen LogP contribution in [-0.2, 0) is 4.79 Å². The van der Waals surface area contributed by atoms with E-state index in [1.54, 1.807) is 6.92 Å². The van der Waals surface area contributed by atoms with Crippen molar-refractivity contribution < 1.29 is 9.90 Å². The number of aliphatic hydroxyl groups excluding tert-OH is 1. The van der Waals surface area contributed by atoms with Crippen LogP contribution in [0.25, 0.3) is 0 Å². The van der Waals surface area contributed by atoms with Gasteiger partial charge in [-0.2, -0.15) is 0 Å². The molecule has 0 spiro atoms. The topological polar surface area (TPSA) is 37.3 Å². The van der Waals surface area contributed by atoms with Crippen molar-refractivity contribution >= 4 is 5.78 Å². The first kappa shape index (κ1) is 16.7. The minimum Gasteiger partial charge on any atom is -0.393 e. The molecular formula is C21H30O2. The summed E-state index contributed by atoms with van der Waals surface area (Å²) in [6.07, 6.45) is 13.8. The van der Waals surface area contributed by atoms with Gasteiger partial charge in [0.25, 0.3) is 0 Å². The first-order valence-electron chi connectivity index (χ1n) is 9.17. The molecule has 2 nitrogen and oxygen atoms in total. The number of aliphatic hydroxyl groups is 1. The van der Waals surface area contributed by atoms with Gasteiger partial charge in [0.1, 0.15) is 5.78 Å². The number of hydrogen-bond donors (Lipinski definition) is 1. The Morgan fingerprint density at radius 3 is 2.83 bits per heavy atom. The molecule has 2 heteroatoms. The SMILES string of the molecule is CC(=O)[C@H]1CC[C@H]2C(C=CC3=C(C)CC[C@H](O)C3)=CCC[C@]12C. The van der Waals surface area contributed by atoms with E-state index in [-0.39, 0.29) is 17.4 Å². The van der Waals surface area contributed by atoms with Gasteiger partial charge in [0.15, 0.2) is 0 Å². The molecule has 0 aromatic carbocycles. The molecule has 3 aliphatic rings. The second-order valence-electron chi connectivity index (χ2n) is 8.08. The van der Waals surface area contributed by atoms with E-state index in [1.165, 1.54) is 16.7 Å². The summed E-state index contributed by atoms with van der Waals surface area (Å²) in [5, 5.41) is 9.90. The molecule has 0 aliphatic heterocycles. The molecular weight excluding hydrogens is 284 g/mol. The number of ketones is 1. The first-order chi connectivity index (χ1) is 10.9. The molecule has 3 rings (SSSR count). The Morgan fingerprint density at radius 2 is 2.09 bits per heavy atom. The Morgan fingerprint density at radius 1 is 1.30 bits per heavy atom. The van der Waals surface area contributed by atoms with E-state index in [4.69, 9.17) is 0 Å². The zero-order chi connectivity index (χ0) is 16.6. The fourth-order valence-electron chi connectivity index (χ4n) is 5.16. The van der Waals surface area contributed by atoms with Crippen LogP contribution in [0.3, 0.4) is 0 Å². The van der Waals surface area contributed by atoms with Crippen molar-refractivity contribution in [1.82, 2.24) is 0 Å². The number of fused-ring (bicyclic) bond motifs is 1. The monoisotopic (exact) mass is 314 g/mol. The maximum atomic E-state index is 12.0. The van der Waals surface area contributed by atoms with Gasteiger partial charge in [0.05, 0.1) is 6.10 Å². The van der Waals surface area contributed by atoms with Crippen molar-refractivity contribution in [3.8, 4) is 0 Å². The fraction of sp³-hybridized carbons (Fsp3) is 0.667. The number of rotatable bonds is 3. The highest BCUT2D eigenvalue weighted by molar-refractivity contribution is 5.79. The molecule has 0 aromatic rings. The van der Waals surface area contributed by atoms with Crippen LogP contribution in [0, 0.1) is 17.3 Å². The van der Waals surface area contributed by atoms with E-state index in [0.29, 0.717) is 11.7 Å². The number of Topliss-reactive ketones (excluding diaryl/α,β-unsaturated/α-hetero) is 1. The highest BCUT2D eigenvalue weighted by Gasteiger charge is 2.49. The van der Waals surface area contributed by atoms with Crippen molar-refractivity contribution in [1.29, 1.82) is 0 Å². The summed E-state index contributed by atoms with van der Waals surface area (Å²) < 4.78 is 0. The Hall–Kier alpha value is -1.15. The Balaban J connectivity index is 1.80. The average molecular weight is 314 g/mol. The lowest BCUT2D eigenvalue weighted by molar-refractivity contribution is -0.124. The van der Waals surface area contributed by atoms with Gasteiger partial charge in [-0.25, -0.2) is 0 Å². The van der Waals surface area contributed by atoms with Gasteiger partial charge in [0, 0.05) is 5.92 Å². The second-order valence-corrected chi connectivity index (χ2v) is 8.08. The minimum absolute atomic E-state index is 0.149. The summed E-state index contributed by atoms with van der Waals surface area (Å²) in [5.41, 5.74) is 4.29. The quantitative estimate of drug-likeness (QED) is 0.816. The number of carbonyl (C=O) groups excluding carboxylic acids is 1. The third-order valence-corrected chi connectivity index (χ3v) is 6.63. The molecule has 126 valence electrons. The van der Waals surface area contributed by atoms with Crippen LogP contribution in [0.15, 0.2) is 34.9 Å². The third kappa shape index (κ3) is 3.10. The van der Waals surface area contributed by atoms with Gasteiger partial charge in [0.2, 0.25) is 0 Å². The fourth-order valence-corrected chi connectivity index (χ4v) is 5.16. The van der Waals surface area contributed by atoms with Gasteiger partial charge in [-0.15, -0.1) is 0 Å². The Labute approximate surface area is 140 Å². The number of allylic oxidation sites excluding steroid dienone is 5. The van der Waals surface area contributed by atoms with Crippen molar-refractivity contribution in [2.24, 2.45) is 17.3 Å². The molecule has 1 saturated carbocycles. The van der Waals surface area contributed by atoms with E-state index >= 15 is 0 Å². The molecule has 0 heterocycles. The molecule has 1 N–H and O–H groups in total. The highest BCUT2D eigenvalue weighted by atomic mass is 16.3. The number of hydrogen-bond acceptors (Lipinski definition) is 2. The largest absolute Gasteiger partial charge is 0.393 e. The summed E-state index contributed by atoms with van der Waals surface area (Å²) in [7, 11) is 0. The normalized spacial score (nSPS) is 37.9. The van der Waals surface area contributed by atoms with Crippen molar-refractivity contribution in [3.05, 3.63) is 34.9 Å². The number of carbonyl (C=O) groups is 1. The van der Waals surface area contributed by atoms with E-state index in [2.05, 4.69) is 32.1 Å². The zero-order valence-corrected chi connectivity index (χ0v) is 14.8. The predicted molar refractivity (Wildman–Crippen MR) is 94.0 cm³/mol. The van der Waals surface area contributed by atoms with Gasteiger partial charge in [-0.05, 0) is 81.3 Å². The molecule has 0 saturated heterocycles. The highest BCUT2D eigenvalue weighted by Crippen LogP contribution is 2.56. The molecule has 0 radical (unpaired) electrons. The van der Waals surface area contributed by atoms with Crippen LogP contribution >= 0.6 is 0 Å². The average Bonchev–Trinajstić information content (AvgIpc) is 2.86. The van der Waals surface area contributed by atoms with Crippen LogP contribution in [0.2, 0.25) is 0 Å². The molecule has 3 aliphatic carbocycles. The second kappa shape index (κ2) is 6.39. The first-order valence-corrected chi connectivity index (χ1v) is 9.17. The Bertz CT molecular complexity index is 581. The van der Waals surface area contributed by atoms with Crippen LogP contribution in [0.4, 0.5) is 0 Å². The molecule has 0 aromatic heterocycles. The van der Waals surface area contributed by atoms with Gasteiger partial charge in [-0.1, -0.05) is 30.7 Å². The molecule has 4 atom stereocenters. The zero-order valence-electron chi connectivity index (χ0n) is 14.8. The Kier molecular flexibility index (Phi) is 4.64. The lowest BCUT2D eigenvalue weighted by atomic mass is 9.64. The summed E-state index contributed by atoms with van der Waals surface area (Å²) in [4.78, 5) is 12.0. The van der Waals surface area contributed by atoms with Crippen LogP contribution in [-0.4, -0.2) is 17.0 Å². The summed E-state index contributed by atoms with van der Waals surface area (Å²) in [6.45, 7) is 6.28. The third-order valence-electron chi connectivity index (χ3n) is 6.63. The van der Waals surface area contributed by atoms with Crippen LogP contribution in [0.1, 0.15) is 65.7 Å². The van der Waals surface area contributed by atoms with E-state index in [9.17, 15) is 9.90 Å². The van der Waals surface area contributed by atoms with Crippen molar-refractivity contribution in [2.45, 2.75) is 71.8 Å². The molecule has 0 bridgehead atoms. The van der Waals surface area contributed by atoms with E-state index in [1.807, 2.05) is 0 Å². The van der Waals surface area contributed by atoms with Gasteiger partial charge >= 0.3 is 0 Å². The lowest BCUT2D eigenvalue weighted by Gasteiger charge is -2.39. The maximum Gasteiger partial charge on any atom is 0.133 e. The molecule has 23 heavy (non-hydrogen) atoms. The van der Waals surface area contributed by atoms with Gasteiger partial charge < -0.3 is 5.11 Å². The lowest BCUT2D eigenvalue weighted by Crippen LogP contribution is -2.35. The molecule has 0 amide bonds. The summed E-state index contributed by atoms with van der Waals surface area (Å²) >= 11 is 0. The predicted octanol–water partition coefficient (Wildman–Crippen LogP) is 4.75. The van der Waals surface area contributed by atoms with E-state index in [0.717, 1.165) is 44.9 Å². The summed E-state index contributed by atoms with van der Waals surface area (Å²) in [6, 6.07) is 0. The van der Waals surface area contributed by atoms with Crippen molar-refractivity contribution in [3.63, 3.8) is 0 Å². The van der Waals surface area contributed by atoms with Crippen molar-refractivity contribution in [2.75, 3.05) is 0 Å². The standard InChI is InChI=1S/C21H30O2/c1-14-6-9-18(23)13-17(14)8-7-16-5-4-12-21(3)19(15(2)22)10-11-20(16)21/h5,7-8,18-20,23H,4,6,9-13H2,1-3H3/t18-,19+,20-,21+/m0/s1. The summed E-state index contributed by atoms with van der Waals surface area (Å²) in [5.74, 6) is 1.13. The minimum atomic E-state index is -0.183. The maximum absolute atomic E-state index is 12.0. The van der Waals surface area contributed by atoms with Gasteiger partial charge in [-0.3, -0.25) is 4.79 Å². The van der Waals surface area contributed by atoms with Crippen LogP contribution in [0.5, 0.6) is 0 Å².